The second-order valence-corrected chi connectivity index (χ2v) is 6.62. The number of hydrogen-bond donors (Lipinski definition) is 1. The van der Waals surface area contributed by atoms with Gasteiger partial charge in [0.2, 0.25) is 0 Å². The maximum absolute atomic E-state index is 3.46. The molecule has 80 valence electrons. The molecule has 14 heavy (non-hydrogen) atoms. The molecule has 1 N–H and O–H groups in total. The first kappa shape index (κ1) is 12.6. The van der Waals surface area contributed by atoms with Crippen molar-refractivity contribution in [3.63, 3.8) is 0 Å². The summed E-state index contributed by atoms with van der Waals surface area (Å²) in [6, 6.07) is 4.28. The lowest BCUT2D eigenvalue weighted by Crippen LogP contribution is -2.13. The minimum atomic E-state index is 1.01. The van der Waals surface area contributed by atoms with Crippen LogP contribution in [0.1, 0.15) is 17.7 Å². The van der Waals surface area contributed by atoms with Crippen molar-refractivity contribution in [3.05, 3.63) is 20.8 Å². The molecule has 1 heterocycles. The van der Waals surface area contributed by atoms with Crippen LogP contribution >= 0.6 is 39.0 Å². The van der Waals surface area contributed by atoms with Gasteiger partial charge in [-0.2, -0.15) is 11.8 Å². The number of unbranched alkanes of at least 4 members (excludes halogenated alkanes) is 1. The lowest BCUT2D eigenvalue weighted by Gasteiger charge is -2.01. The minimum absolute atomic E-state index is 1.01. The van der Waals surface area contributed by atoms with Gasteiger partial charge in [0.15, 0.2) is 0 Å². The highest BCUT2D eigenvalue weighted by Gasteiger charge is 1.96. The van der Waals surface area contributed by atoms with Gasteiger partial charge in [-0.15, -0.1) is 11.3 Å². The standard InChI is InChI=1S/C10H16BrNS2/c1-13-7-3-2-6-12-8-9-4-5-10(11)14-9/h4-5,12H,2-3,6-8H2,1H3. The van der Waals surface area contributed by atoms with Crippen LogP contribution in [-0.2, 0) is 6.54 Å². The molecule has 1 aromatic rings. The van der Waals surface area contributed by atoms with Gasteiger partial charge in [-0.25, -0.2) is 0 Å². The third-order valence-electron chi connectivity index (χ3n) is 1.88. The fraction of sp³-hybridized carbons (Fsp3) is 0.600. The molecule has 1 rings (SSSR count). The topological polar surface area (TPSA) is 12.0 Å². The fourth-order valence-electron chi connectivity index (χ4n) is 1.15. The first-order valence-corrected chi connectivity index (χ1v) is 7.77. The van der Waals surface area contributed by atoms with Crippen LogP contribution in [0.5, 0.6) is 0 Å². The van der Waals surface area contributed by atoms with E-state index >= 15 is 0 Å². The second-order valence-electron chi connectivity index (χ2n) is 3.08. The summed E-state index contributed by atoms with van der Waals surface area (Å²) in [5, 5.41) is 3.45. The molecule has 0 unspecified atom stereocenters. The highest BCUT2D eigenvalue weighted by molar-refractivity contribution is 9.11. The maximum Gasteiger partial charge on any atom is 0.0701 e. The molecular weight excluding hydrogens is 278 g/mol. The van der Waals surface area contributed by atoms with Crippen molar-refractivity contribution < 1.29 is 0 Å². The Labute approximate surface area is 103 Å². The normalized spacial score (nSPS) is 10.7. The summed E-state index contributed by atoms with van der Waals surface area (Å²) >= 11 is 7.20. The van der Waals surface area contributed by atoms with Crippen LogP contribution in [0.25, 0.3) is 0 Å². The monoisotopic (exact) mass is 293 g/mol. The van der Waals surface area contributed by atoms with E-state index in [1.54, 1.807) is 11.3 Å². The van der Waals surface area contributed by atoms with Gasteiger partial charge < -0.3 is 5.32 Å². The summed E-state index contributed by atoms with van der Waals surface area (Å²) in [4.78, 5) is 1.40. The summed E-state index contributed by atoms with van der Waals surface area (Å²) in [6.45, 7) is 2.14. The molecule has 0 bridgehead atoms. The van der Waals surface area contributed by atoms with E-state index in [0.717, 1.165) is 13.1 Å². The smallest absolute Gasteiger partial charge is 0.0701 e. The van der Waals surface area contributed by atoms with Gasteiger partial charge in [0, 0.05) is 11.4 Å². The molecule has 1 aromatic heterocycles. The van der Waals surface area contributed by atoms with Crippen molar-refractivity contribution >= 4 is 39.0 Å². The molecule has 1 nitrogen and oxygen atoms in total. The lowest BCUT2D eigenvalue weighted by molar-refractivity contribution is 0.648. The van der Waals surface area contributed by atoms with Crippen molar-refractivity contribution in [1.29, 1.82) is 0 Å². The third-order valence-corrected chi connectivity index (χ3v) is 4.20. The number of halogens is 1. The highest BCUT2D eigenvalue weighted by atomic mass is 79.9. The SMILES string of the molecule is CSCCCCNCc1ccc(Br)s1. The number of hydrogen-bond acceptors (Lipinski definition) is 3. The van der Waals surface area contributed by atoms with E-state index in [1.807, 2.05) is 11.8 Å². The quantitative estimate of drug-likeness (QED) is 0.769. The van der Waals surface area contributed by atoms with Crippen molar-refractivity contribution in [3.8, 4) is 0 Å². The molecule has 0 aliphatic carbocycles. The molecule has 4 heteroatoms. The van der Waals surface area contributed by atoms with Crippen LogP contribution in [0.3, 0.4) is 0 Å². The maximum atomic E-state index is 3.46. The molecule has 0 aliphatic rings. The Morgan fingerprint density at radius 3 is 2.93 bits per heavy atom. The Balaban J connectivity index is 1.99. The molecule has 0 aliphatic heterocycles. The number of nitrogens with one attached hydrogen (secondary N) is 1. The van der Waals surface area contributed by atoms with Gasteiger partial charge >= 0.3 is 0 Å². The van der Waals surface area contributed by atoms with Crippen LogP contribution < -0.4 is 5.32 Å². The predicted molar refractivity (Wildman–Crippen MR) is 71.3 cm³/mol. The molecule has 0 atom stereocenters. The van der Waals surface area contributed by atoms with E-state index in [0.29, 0.717) is 0 Å². The van der Waals surface area contributed by atoms with Crippen LogP contribution in [0.15, 0.2) is 15.9 Å². The Morgan fingerprint density at radius 2 is 2.29 bits per heavy atom. The van der Waals surface area contributed by atoms with Crippen LogP contribution in [0.2, 0.25) is 0 Å². The van der Waals surface area contributed by atoms with Gasteiger partial charge in [0.05, 0.1) is 3.79 Å². The zero-order valence-corrected chi connectivity index (χ0v) is 11.6. The number of thiophene rings is 1. The van der Waals surface area contributed by atoms with Crippen molar-refractivity contribution in [1.82, 2.24) is 5.32 Å². The van der Waals surface area contributed by atoms with Crippen molar-refractivity contribution in [2.24, 2.45) is 0 Å². The lowest BCUT2D eigenvalue weighted by atomic mass is 10.3. The Hall–Kier alpha value is 0.490. The summed E-state index contributed by atoms with van der Waals surface area (Å²) in [6.07, 6.45) is 4.77. The zero-order valence-electron chi connectivity index (χ0n) is 8.38. The molecule has 0 fully saturated rings. The van der Waals surface area contributed by atoms with Crippen LogP contribution in [0, 0.1) is 0 Å². The van der Waals surface area contributed by atoms with Crippen LogP contribution in [0.4, 0.5) is 0 Å². The van der Waals surface area contributed by atoms with Gasteiger partial charge in [0.1, 0.15) is 0 Å². The molecule has 0 saturated carbocycles. The third kappa shape index (κ3) is 5.39. The Kier molecular flexibility index (Phi) is 6.94. The average Bonchev–Trinajstić information content (AvgIpc) is 2.58. The molecular formula is C10H16BrNS2. The van der Waals surface area contributed by atoms with E-state index in [2.05, 4.69) is 39.6 Å². The van der Waals surface area contributed by atoms with Gasteiger partial charge in [-0.3, -0.25) is 0 Å². The predicted octanol–water partition coefficient (Wildman–Crippen LogP) is 3.74. The van der Waals surface area contributed by atoms with E-state index in [1.165, 1.54) is 27.3 Å². The largest absolute Gasteiger partial charge is 0.312 e. The molecule has 0 amide bonds. The average molecular weight is 294 g/mol. The number of rotatable bonds is 7. The van der Waals surface area contributed by atoms with E-state index < -0.39 is 0 Å². The Bertz CT molecular complexity index is 250. The van der Waals surface area contributed by atoms with E-state index in [-0.39, 0.29) is 0 Å². The highest BCUT2D eigenvalue weighted by Crippen LogP contribution is 2.21. The first-order chi connectivity index (χ1) is 6.83. The number of thioether (sulfide) groups is 1. The molecule has 0 spiro atoms. The van der Waals surface area contributed by atoms with Crippen molar-refractivity contribution in [2.45, 2.75) is 19.4 Å². The summed E-state index contributed by atoms with van der Waals surface area (Å²) in [7, 11) is 0. The summed E-state index contributed by atoms with van der Waals surface area (Å²) < 4.78 is 1.22. The van der Waals surface area contributed by atoms with Gasteiger partial charge in [0.25, 0.3) is 0 Å². The van der Waals surface area contributed by atoms with Crippen LogP contribution in [-0.4, -0.2) is 18.6 Å². The van der Waals surface area contributed by atoms with Gasteiger partial charge in [-0.05, 0) is 59.5 Å². The second kappa shape index (κ2) is 7.74. The molecule has 0 aromatic carbocycles. The minimum Gasteiger partial charge on any atom is -0.312 e. The Morgan fingerprint density at radius 1 is 1.43 bits per heavy atom. The fourth-order valence-corrected chi connectivity index (χ4v) is 3.10. The van der Waals surface area contributed by atoms with E-state index in [4.69, 9.17) is 0 Å². The molecule has 0 saturated heterocycles. The van der Waals surface area contributed by atoms with E-state index in [9.17, 15) is 0 Å². The molecule has 0 radical (unpaired) electrons. The zero-order chi connectivity index (χ0) is 10.2. The van der Waals surface area contributed by atoms with Gasteiger partial charge in [-0.1, -0.05) is 0 Å². The first-order valence-electron chi connectivity index (χ1n) is 4.77. The summed E-state index contributed by atoms with van der Waals surface area (Å²) in [5.74, 6) is 1.28. The van der Waals surface area contributed by atoms with Crippen molar-refractivity contribution in [2.75, 3.05) is 18.6 Å². The summed E-state index contributed by atoms with van der Waals surface area (Å²) in [5.41, 5.74) is 0.